The van der Waals surface area contributed by atoms with E-state index >= 15 is 0 Å². The molecule has 1 aliphatic rings. The van der Waals surface area contributed by atoms with Gasteiger partial charge in [0, 0.05) is 30.9 Å². The molecule has 2 N–H and O–H groups in total. The van der Waals surface area contributed by atoms with E-state index in [9.17, 15) is 4.39 Å². The highest BCUT2D eigenvalue weighted by Gasteiger charge is 2.18. The quantitative estimate of drug-likeness (QED) is 0.837. The topological polar surface area (TPSA) is 29.3 Å². The maximum absolute atomic E-state index is 13.7. The third kappa shape index (κ3) is 2.47. The van der Waals surface area contributed by atoms with Crippen LogP contribution in [0.25, 0.3) is 0 Å². The number of benzene rings is 2. The van der Waals surface area contributed by atoms with E-state index in [1.165, 1.54) is 17.2 Å². The molecule has 0 fully saturated rings. The predicted octanol–water partition coefficient (Wildman–Crippen LogP) is 2.97. The molecule has 19 heavy (non-hydrogen) atoms. The number of nitrogens with zero attached hydrogens (tertiary/aromatic N) is 1. The molecule has 0 unspecified atom stereocenters. The first kappa shape index (κ1) is 12.2. The Morgan fingerprint density at radius 2 is 1.95 bits per heavy atom. The summed E-state index contributed by atoms with van der Waals surface area (Å²) in [5, 5.41) is 0. The Kier molecular flexibility index (Phi) is 3.22. The Morgan fingerprint density at radius 3 is 2.79 bits per heavy atom. The SMILES string of the molecule is Nc1cccc2c1CN(Cc1ccccc1F)CC2. The first-order valence-corrected chi connectivity index (χ1v) is 6.56. The molecule has 0 atom stereocenters. The second-order valence-corrected chi connectivity index (χ2v) is 5.04. The fraction of sp³-hybridized carbons (Fsp3) is 0.250. The zero-order valence-corrected chi connectivity index (χ0v) is 10.8. The van der Waals surface area contributed by atoms with Gasteiger partial charge in [-0.15, -0.1) is 0 Å². The molecule has 0 aliphatic carbocycles. The van der Waals surface area contributed by atoms with Crippen molar-refractivity contribution in [1.29, 1.82) is 0 Å². The molecule has 1 heterocycles. The molecule has 0 saturated heterocycles. The summed E-state index contributed by atoms with van der Waals surface area (Å²) >= 11 is 0. The summed E-state index contributed by atoms with van der Waals surface area (Å²) in [6.07, 6.45) is 0.981. The summed E-state index contributed by atoms with van der Waals surface area (Å²) in [5.74, 6) is -0.130. The zero-order chi connectivity index (χ0) is 13.2. The lowest BCUT2D eigenvalue weighted by atomic mass is 9.98. The van der Waals surface area contributed by atoms with E-state index in [1.807, 2.05) is 24.3 Å². The Balaban J connectivity index is 1.79. The van der Waals surface area contributed by atoms with E-state index in [0.717, 1.165) is 30.8 Å². The van der Waals surface area contributed by atoms with E-state index in [1.54, 1.807) is 6.07 Å². The Hall–Kier alpha value is -1.87. The van der Waals surface area contributed by atoms with E-state index < -0.39 is 0 Å². The van der Waals surface area contributed by atoms with E-state index in [0.29, 0.717) is 6.54 Å². The maximum Gasteiger partial charge on any atom is 0.127 e. The van der Waals surface area contributed by atoms with E-state index in [4.69, 9.17) is 5.73 Å². The molecule has 98 valence electrons. The summed E-state index contributed by atoms with van der Waals surface area (Å²) in [5.41, 5.74) is 10.1. The van der Waals surface area contributed by atoms with Gasteiger partial charge in [0.2, 0.25) is 0 Å². The van der Waals surface area contributed by atoms with Gasteiger partial charge in [0.25, 0.3) is 0 Å². The van der Waals surface area contributed by atoms with Gasteiger partial charge >= 0.3 is 0 Å². The normalized spacial score (nSPS) is 15.2. The minimum Gasteiger partial charge on any atom is -0.398 e. The van der Waals surface area contributed by atoms with Crippen molar-refractivity contribution in [3.05, 3.63) is 65.0 Å². The molecule has 2 nitrogen and oxygen atoms in total. The molecular formula is C16H17FN2. The number of hydrogen-bond acceptors (Lipinski definition) is 2. The smallest absolute Gasteiger partial charge is 0.127 e. The van der Waals surface area contributed by atoms with Crippen LogP contribution in [0.5, 0.6) is 0 Å². The van der Waals surface area contributed by atoms with Crippen molar-refractivity contribution in [1.82, 2.24) is 4.90 Å². The Labute approximate surface area is 112 Å². The van der Waals surface area contributed by atoms with Gasteiger partial charge in [0.1, 0.15) is 5.82 Å². The summed E-state index contributed by atoms with van der Waals surface area (Å²) < 4.78 is 13.7. The fourth-order valence-electron chi connectivity index (χ4n) is 2.67. The highest BCUT2D eigenvalue weighted by molar-refractivity contribution is 5.51. The van der Waals surface area contributed by atoms with Crippen molar-refractivity contribution in [2.75, 3.05) is 12.3 Å². The Bertz CT molecular complexity index is 595. The molecular weight excluding hydrogens is 239 g/mol. The van der Waals surface area contributed by atoms with E-state index in [2.05, 4.69) is 11.0 Å². The molecule has 0 amide bonds. The third-order valence-corrected chi connectivity index (χ3v) is 3.74. The van der Waals surface area contributed by atoms with Gasteiger partial charge in [-0.05, 0) is 29.7 Å². The molecule has 2 aromatic rings. The van der Waals surface area contributed by atoms with Crippen molar-refractivity contribution in [3.63, 3.8) is 0 Å². The van der Waals surface area contributed by atoms with Gasteiger partial charge in [0.05, 0.1) is 0 Å². The highest BCUT2D eigenvalue weighted by atomic mass is 19.1. The Morgan fingerprint density at radius 1 is 1.11 bits per heavy atom. The number of nitrogens with two attached hydrogens (primary N) is 1. The standard InChI is InChI=1S/C16H17FN2/c17-15-6-2-1-4-13(15)10-19-9-8-12-5-3-7-16(18)14(12)11-19/h1-7H,8-11,18H2. The van der Waals surface area contributed by atoms with E-state index in [-0.39, 0.29) is 5.82 Å². The molecule has 0 bridgehead atoms. The lowest BCUT2D eigenvalue weighted by Crippen LogP contribution is -2.30. The summed E-state index contributed by atoms with van der Waals surface area (Å²) in [6, 6.07) is 13.0. The zero-order valence-electron chi connectivity index (χ0n) is 10.8. The van der Waals surface area contributed by atoms with Crippen LogP contribution >= 0.6 is 0 Å². The van der Waals surface area contributed by atoms with Crippen LogP contribution in [0.4, 0.5) is 10.1 Å². The monoisotopic (exact) mass is 256 g/mol. The number of rotatable bonds is 2. The van der Waals surface area contributed by atoms with Crippen LogP contribution < -0.4 is 5.73 Å². The lowest BCUT2D eigenvalue weighted by Gasteiger charge is -2.29. The number of anilines is 1. The number of nitrogen functional groups attached to an aromatic ring is 1. The van der Waals surface area contributed by atoms with Gasteiger partial charge in [0.15, 0.2) is 0 Å². The van der Waals surface area contributed by atoms with Crippen LogP contribution in [-0.4, -0.2) is 11.4 Å². The van der Waals surface area contributed by atoms with Crippen molar-refractivity contribution < 1.29 is 4.39 Å². The van der Waals surface area contributed by atoms with Crippen molar-refractivity contribution in [2.24, 2.45) is 0 Å². The average molecular weight is 256 g/mol. The van der Waals surface area contributed by atoms with Crippen molar-refractivity contribution in [3.8, 4) is 0 Å². The van der Waals surface area contributed by atoms with Gasteiger partial charge < -0.3 is 5.73 Å². The summed E-state index contributed by atoms with van der Waals surface area (Å²) in [4.78, 5) is 2.25. The molecule has 3 heteroatoms. The summed E-state index contributed by atoms with van der Waals surface area (Å²) in [7, 11) is 0. The van der Waals surface area contributed by atoms with Gasteiger partial charge in [-0.25, -0.2) is 4.39 Å². The largest absolute Gasteiger partial charge is 0.398 e. The second-order valence-electron chi connectivity index (χ2n) is 5.04. The first-order valence-electron chi connectivity index (χ1n) is 6.56. The van der Waals surface area contributed by atoms with Crippen LogP contribution in [0.3, 0.4) is 0 Å². The maximum atomic E-state index is 13.7. The van der Waals surface area contributed by atoms with Gasteiger partial charge in [-0.3, -0.25) is 4.90 Å². The van der Waals surface area contributed by atoms with Crippen LogP contribution in [0.2, 0.25) is 0 Å². The number of fused-ring (bicyclic) bond motifs is 1. The average Bonchev–Trinajstić information content (AvgIpc) is 2.42. The molecule has 0 radical (unpaired) electrons. The molecule has 0 spiro atoms. The minimum absolute atomic E-state index is 0.130. The molecule has 1 aliphatic heterocycles. The molecule has 0 aromatic heterocycles. The fourth-order valence-corrected chi connectivity index (χ4v) is 2.67. The molecule has 2 aromatic carbocycles. The summed E-state index contributed by atoms with van der Waals surface area (Å²) in [6.45, 7) is 2.39. The minimum atomic E-state index is -0.130. The number of hydrogen-bond donors (Lipinski definition) is 1. The lowest BCUT2D eigenvalue weighted by molar-refractivity contribution is 0.243. The van der Waals surface area contributed by atoms with Crippen LogP contribution in [0.15, 0.2) is 42.5 Å². The third-order valence-electron chi connectivity index (χ3n) is 3.74. The highest BCUT2D eigenvalue weighted by Crippen LogP contribution is 2.25. The van der Waals surface area contributed by atoms with Crippen LogP contribution in [0, 0.1) is 5.82 Å². The first-order chi connectivity index (χ1) is 9.24. The van der Waals surface area contributed by atoms with Crippen LogP contribution in [0.1, 0.15) is 16.7 Å². The molecule has 3 rings (SSSR count). The van der Waals surface area contributed by atoms with Crippen molar-refractivity contribution in [2.45, 2.75) is 19.5 Å². The van der Waals surface area contributed by atoms with Gasteiger partial charge in [-0.1, -0.05) is 30.3 Å². The van der Waals surface area contributed by atoms with Crippen molar-refractivity contribution >= 4 is 5.69 Å². The predicted molar refractivity (Wildman–Crippen MR) is 75.1 cm³/mol. The van der Waals surface area contributed by atoms with Crippen LogP contribution in [-0.2, 0) is 19.5 Å². The second kappa shape index (κ2) is 5.02. The molecule has 0 saturated carbocycles. The van der Waals surface area contributed by atoms with Gasteiger partial charge in [-0.2, -0.15) is 0 Å². The number of halogens is 1.